The van der Waals surface area contributed by atoms with E-state index >= 15 is 0 Å². The molecule has 1 heterocycles. The Morgan fingerprint density at radius 3 is 2.68 bits per heavy atom. The molecule has 0 atom stereocenters. The largest absolute Gasteiger partial charge is 0.467 e. The van der Waals surface area contributed by atoms with E-state index in [1.165, 1.54) is 0 Å². The lowest BCUT2D eigenvalue weighted by atomic mass is 10.1. The van der Waals surface area contributed by atoms with Gasteiger partial charge in [-0.15, -0.1) is 0 Å². The van der Waals surface area contributed by atoms with Gasteiger partial charge in [-0.05, 0) is 36.2 Å². The van der Waals surface area contributed by atoms with E-state index in [2.05, 4.69) is 10.6 Å². The SMILES string of the molecule is O=C(CCc1cccc(Cl)c1)NCC(=O)NCc1ccco1. The summed E-state index contributed by atoms with van der Waals surface area (Å²) >= 11 is 5.88. The lowest BCUT2D eigenvalue weighted by Gasteiger charge is -2.06. The zero-order chi connectivity index (χ0) is 15.8. The minimum absolute atomic E-state index is 0.0465. The molecule has 2 N–H and O–H groups in total. The smallest absolute Gasteiger partial charge is 0.239 e. The van der Waals surface area contributed by atoms with E-state index in [4.69, 9.17) is 16.0 Å². The van der Waals surface area contributed by atoms with Crippen LogP contribution < -0.4 is 10.6 Å². The summed E-state index contributed by atoms with van der Waals surface area (Å²) in [6.07, 6.45) is 2.44. The van der Waals surface area contributed by atoms with E-state index < -0.39 is 0 Å². The van der Waals surface area contributed by atoms with E-state index in [0.717, 1.165) is 5.56 Å². The Kier molecular flexibility index (Phi) is 6.03. The van der Waals surface area contributed by atoms with Crippen LogP contribution in [-0.4, -0.2) is 18.4 Å². The van der Waals surface area contributed by atoms with Gasteiger partial charge in [-0.1, -0.05) is 23.7 Å². The van der Waals surface area contributed by atoms with Gasteiger partial charge in [0.15, 0.2) is 0 Å². The molecule has 0 unspecified atom stereocenters. The van der Waals surface area contributed by atoms with Crippen molar-refractivity contribution in [2.75, 3.05) is 6.54 Å². The van der Waals surface area contributed by atoms with Crippen molar-refractivity contribution in [1.82, 2.24) is 10.6 Å². The minimum Gasteiger partial charge on any atom is -0.467 e. The van der Waals surface area contributed by atoms with Crippen LogP contribution in [0.3, 0.4) is 0 Å². The van der Waals surface area contributed by atoms with Gasteiger partial charge in [0, 0.05) is 11.4 Å². The third kappa shape index (κ3) is 5.61. The number of hydrogen-bond acceptors (Lipinski definition) is 3. The normalized spacial score (nSPS) is 10.2. The average molecular weight is 321 g/mol. The summed E-state index contributed by atoms with van der Waals surface area (Å²) in [5.41, 5.74) is 0.991. The summed E-state index contributed by atoms with van der Waals surface area (Å²) < 4.78 is 5.09. The van der Waals surface area contributed by atoms with Crippen molar-refractivity contribution in [1.29, 1.82) is 0 Å². The molecule has 0 fully saturated rings. The number of nitrogens with one attached hydrogen (secondary N) is 2. The topological polar surface area (TPSA) is 71.3 Å². The summed E-state index contributed by atoms with van der Waals surface area (Å²) in [4.78, 5) is 23.3. The molecular weight excluding hydrogens is 304 g/mol. The van der Waals surface area contributed by atoms with Crippen molar-refractivity contribution in [3.05, 3.63) is 59.0 Å². The van der Waals surface area contributed by atoms with Gasteiger partial charge in [-0.2, -0.15) is 0 Å². The fourth-order valence-corrected chi connectivity index (χ4v) is 2.09. The molecule has 5 nitrogen and oxygen atoms in total. The van der Waals surface area contributed by atoms with Crippen LogP contribution in [0.4, 0.5) is 0 Å². The number of aryl methyl sites for hydroxylation is 1. The molecule has 0 radical (unpaired) electrons. The van der Waals surface area contributed by atoms with E-state index in [0.29, 0.717) is 30.2 Å². The molecule has 1 aromatic carbocycles. The first-order chi connectivity index (χ1) is 10.6. The third-order valence-corrected chi connectivity index (χ3v) is 3.25. The van der Waals surface area contributed by atoms with E-state index in [-0.39, 0.29) is 18.4 Å². The van der Waals surface area contributed by atoms with Gasteiger partial charge in [-0.3, -0.25) is 9.59 Å². The first-order valence-corrected chi connectivity index (χ1v) is 7.31. The molecule has 116 valence electrons. The molecule has 0 saturated heterocycles. The summed E-state index contributed by atoms with van der Waals surface area (Å²) in [5.74, 6) is 0.237. The third-order valence-electron chi connectivity index (χ3n) is 3.02. The molecule has 1 aromatic heterocycles. The summed E-state index contributed by atoms with van der Waals surface area (Å²) in [6, 6.07) is 10.9. The molecule has 0 bridgehead atoms. The molecule has 0 aliphatic carbocycles. The van der Waals surface area contributed by atoms with Crippen LogP contribution in [0, 0.1) is 0 Å². The first kappa shape index (κ1) is 16.1. The number of carbonyl (C=O) groups excluding carboxylic acids is 2. The molecule has 0 spiro atoms. The van der Waals surface area contributed by atoms with Crippen molar-refractivity contribution >= 4 is 23.4 Å². The Labute approximate surface area is 133 Å². The molecule has 0 aliphatic rings. The Morgan fingerprint density at radius 2 is 1.95 bits per heavy atom. The fraction of sp³-hybridized carbons (Fsp3) is 0.250. The van der Waals surface area contributed by atoms with Gasteiger partial charge in [-0.25, -0.2) is 0 Å². The van der Waals surface area contributed by atoms with Gasteiger partial charge in [0.2, 0.25) is 11.8 Å². The number of rotatable bonds is 7. The molecule has 6 heteroatoms. The Morgan fingerprint density at radius 1 is 1.09 bits per heavy atom. The van der Waals surface area contributed by atoms with Crippen LogP contribution >= 0.6 is 11.6 Å². The molecule has 2 rings (SSSR count). The van der Waals surface area contributed by atoms with Crippen LogP contribution in [0.1, 0.15) is 17.7 Å². The molecule has 2 aromatic rings. The lowest BCUT2D eigenvalue weighted by molar-refractivity contribution is -0.126. The zero-order valence-electron chi connectivity index (χ0n) is 12.0. The van der Waals surface area contributed by atoms with Crippen LogP contribution in [0.5, 0.6) is 0 Å². The molecular formula is C16H17ClN2O3. The van der Waals surface area contributed by atoms with Gasteiger partial charge in [0.05, 0.1) is 19.4 Å². The predicted molar refractivity (Wildman–Crippen MR) is 83.3 cm³/mol. The van der Waals surface area contributed by atoms with Gasteiger partial charge in [0.1, 0.15) is 5.76 Å². The van der Waals surface area contributed by atoms with Crippen molar-refractivity contribution < 1.29 is 14.0 Å². The number of carbonyl (C=O) groups is 2. The van der Waals surface area contributed by atoms with E-state index in [1.807, 2.05) is 18.2 Å². The molecule has 0 saturated carbocycles. The Balaban J connectivity index is 1.63. The van der Waals surface area contributed by atoms with Crippen LogP contribution in [0.2, 0.25) is 5.02 Å². The second-order valence-electron chi connectivity index (χ2n) is 4.76. The Bertz CT molecular complexity index is 626. The number of furan rings is 1. The summed E-state index contributed by atoms with van der Waals surface area (Å²) in [6.45, 7) is 0.263. The van der Waals surface area contributed by atoms with Crippen molar-refractivity contribution in [2.24, 2.45) is 0 Å². The number of benzene rings is 1. The molecule has 0 aliphatic heterocycles. The predicted octanol–water partition coefficient (Wildman–Crippen LogP) is 2.30. The second kappa shape index (κ2) is 8.24. The Hall–Kier alpha value is -2.27. The van der Waals surface area contributed by atoms with Crippen molar-refractivity contribution in [2.45, 2.75) is 19.4 Å². The standard InChI is InChI=1S/C16H17ClN2O3/c17-13-4-1-3-12(9-13)6-7-15(20)19-11-16(21)18-10-14-5-2-8-22-14/h1-5,8-9H,6-7,10-11H2,(H,18,21)(H,19,20). The lowest BCUT2D eigenvalue weighted by Crippen LogP contribution is -2.36. The zero-order valence-corrected chi connectivity index (χ0v) is 12.7. The monoisotopic (exact) mass is 320 g/mol. The number of hydrogen-bond donors (Lipinski definition) is 2. The maximum Gasteiger partial charge on any atom is 0.239 e. The van der Waals surface area contributed by atoms with Crippen molar-refractivity contribution in [3.63, 3.8) is 0 Å². The molecule has 2 amide bonds. The van der Waals surface area contributed by atoms with E-state index in [1.54, 1.807) is 24.5 Å². The van der Waals surface area contributed by atoms with Gasteiger partial charge in [0.25, 0.3) is 0 Å². The van der Waals surface area contributed by atoms with Crippen LogP contribution in [-0.2, 0) is 22.6 Å². The van der Waals surface area contributed by atoms with Crippen LogP contribution in [0.25, 0.3) is 0 Å². The highest BCUT2D eigenvalue weighted by Gasteiger charge is 2.06. The quantitative estimate of drug-likeness (QED) is 0.822. The summed E-state index contributed by atoms with van der Waals surface area (Å²) in [5, 5.41) is 5.89. The highest BCUT2D eigenvalue weighted by molar-refractivity contribution is 6.30. The van der Waals surface area contributed by atoms with Gasteiger partial charge < -0.3 is 15.1 Å². The van der Waals surface area contributed by atoms with Gasteiger partial charge >= 0.3 is 0 Å². The fourth-order valence-electron chi connectivity index (χ4n) is 1.88. The highest BCUT2D eigenvalue weighted by atomic mass is 35.5. The maximum absolute atomic E-state index is 11.7. The number of amides is 2. The second-order valence-corrected chi connectivity index (χ2v) is 5.20. The average Bonchev–Trinajstić information content (AvgIpc) is 3.02. The number of halogens is 1. The van der Waals surface area contributed by atoms with Crippen molar-refractivity contribution in [3.8, 4) is 0 Å². The maximum atomic E-state index is 11.7. The highest BCUT2D eigenvalue weighted by Crippen LogP contribution is 2.11. The first-order valence-electron chi connectivity index (χ1n) is 6.94. The van der Waals surface area contributed by atoms with Crippen LogP contribution in [0.15, 0.2) is 47.1 Å². The van der Waals surface area contributed by atoms with E-state index in [9.17, 15) is 9.59 Å². The summed E-state index contributed by atoms with van der Waals surface area (Å²) in [7, 11) is 0. The minimum atomic E-state index is -0.257. The molecule has 22 heavy (non-hydrogen) atoms.